The predicted molar refractivity (Wildman–Crippen MR) is 107 cm³/mol. The summed E-state index contributed by atoms with van der Waals surface area (Å²) in [6, 6.07) is 6.98. The van der Waals surface area contributed by atoms with Crippen LogP contribution in [0.2, 0.25) is 0 Å². The van der Waals surface area contributed by atoms with Crippen molar-refractivity contribution in [2.45, 2.75) is 38.3 Å². The van der Waals surface area contributed by atoms with Crippen LogP contribution < -0.4 is 0 Å². The van der Waals surface area contributed by atoms with E-state index in [1.165, 1.54) is 17.7 Å². The van der Waals surface area contributed by atoms with Crippen molar-refractivity contribution in [2.75, 3.05) is 6.54 Å². The van der Waals surface area contributed by atoms with Crippen LogP contribution >= 0.6 is 0 Å². The molecule has 1 fully saturated rings. The van der Waals surface area contributed by atoms with Gasteiger partial charge in [-0.3, -0.25) is 19.1 Å². The van der Waals surface area contributed by atoms with E-state index < -0.39 is 0 Å². The Morgan fingerprint density at radius 2 is 1.97 bits per heavy atom. The van der Waals surface area contributed by atoms with Crippen molar-refractivity contribution in [3.63, 3.8) is 0 Å². The molecule has 0 N–H and O–H groups in total. The molecule has 150 valence electrons. The van der Waals surface area contributed by atoms with Gasteiger partial charge in [0.15, 0.2) is 5.78 Å². The molecule has 0 aliphatic carbocycles. The van der Waals surface area contributed by atoms with Crippen molar-refractivity contribution in [3.8, 4) is 11.3 Å². The van der Waals surface area contributed by atoms with Crippen LogP contribution in [0.5, 0.6) is 0 Å². The normalized spacial score (nSPS) is 20.8. The Balaban J connectivity index is 1.48. The number of Topliss-reactive ketones (excluding diaryl/α,β-unsaturated/α-hetero) is 1. The molecule has 0 saturated carbocycles. The zero-order valence-electron chi connectivity index (χ0n) is 16.9. The summed E-state index contributed by atoms with van der Waals surface area (Å²) in [4.78, 5) is 15.4. The van der Waals surface area contributed by atoms with Crippen LogP contribution in [0.15, 0.2) is 30.5 Å². The lowest BCUT2D eigenvalue weighted by molar-refractivity contribution is 0.0216. The van der Waals surface area contributed by atoms with E-state index in [-0.39, 0.29) is 23.7 Å². The number of hydrogen-bond acceptors (Lipinski definition) is 4. The van der Waals surface area contributed by atoms with Gasteiger partial charge in [-0.2, -0.15) is 10.2 Å². The van der Waals surface area contributed by atoms with Crippen LogP contribution in [-0.2, 0) is 20.5 Å². The lowest BCUT2D eigenvalue weighted by Gasteiger charge is -2.48. The number of ketones is 1. The monoisotopic (exact) mass is 393 g/mol. The number of carbonyl (C=O) groups excluding carboxylic acids is 1. The number of nitrogens with zero attached hydrogens (tertiary/aromatic N) is 5. The molecule has 1 aromatic carbocycles. The molecule has 1 saturated heterocycles. The predicted octanol–water partition coefficient (Wildman–Crippen LogP) is 3.21. The molecule has 3 aromatic rings. The van der Waals surface area contributed by atoms with E-state index in [0.717, 1.165) is 41.9 Å². The standard InChI is InChI=1S/C22H24FN5O/c1-13-12-26(2)24-20(13)19(29)11-16-10-17-21(18-8-9-28(16)18)25-27(3)22(17)14-4-6-15(23)7-5-14/h4-7,12,16,18H,8-11H2,1-3H3. The highest BCUT2D eigenvalue weighted by Crippen LogP contribution is 2.45. The molecule has 0 spiro atoms. The first-order valence-corrected chi connectivity index (χ1v) is 10.0. The number of aryl methyl sites for hydroxylation is 3. The van der Waals surface area contributed by atoms with E-state index in [0.29, 0.717) is 12.1 Å². The largest absolute Gasteiger partial charge is 0.292 e. The smallest absolute Gasteiger partial charge is 0.184 e. The van der Waals surface area contributed by atoms with Crippen molar-refractivity contribution >= 4 is 5.78 Å². The number of fused-ring (bicyclic) bond motifs is 3. The van der Waals surface area contributed by atoms with Crippen molar-refractivity contribution in [1.82, 2.24) is 24.5 Å². The summed E-state index contributed by atoms with van der Waals surface area (Å²) in [6.07, 6.45) is 4.15. The van der Waals surface area contributed by atoms with Crippen LogP contribution in [0, 0.1) is 12.7 Å². The molecule has 6 nitrogen and oxygen atoms in total. The fourth-order valence-corrected chi connectivity index (χ4v) is 4.90. The van der Waals surface area contributed by atoms with Gasteiger partial charge in [0.05, 0.1) is 17.4 Å². The molecular formula is C22H24FN5O. The maximum atomic E-state index is 13.4. The second kappa shape index (κ2) is 6.62. The number of benzene rings is 1. The first-order valence-electron chi connectivity index (χ1n) is 10.0. The maximum Gasteiger partial charge on any atom is 0.184 e. The molecule has 29 heavy (non-hydrogen) atoms. The fourth-order valence-electron chi connectivity index (χ4n) is 4.90. The molecule has 2 atom stereocenters. The summed E-state index contributed by atoms with van der Waals surface area (Å²) in [5, 5.41) is 9.16. The van der Waals surface area contributed by atoms with Crippen molar-refractivity contribution in [3.05, 3.63) is 58.8 Å². The minimum atomic E-state index is -0.246. The number of carbonyl (C=O) groups is 1. The van der Waals surface area contributed by atoms with Crippen molar-refractivity contribution in [2.24, 2.45) is 14.1 Å². The van der Waals surface area contributed by atoms with Crippen LogP contribution in [0.1, 0.15) is 46.2 Å². The first-order chi connectivity index (χ1) is 13.9. The number of halogens is 1. The van der Waals surface area contributed by atoms with E-state index in [4.69, 9.17) is 5.10 Å². The van der Waals surface area contributed by atoms with Crippen LogP contribution in [0.3, 0.4) is 0 Å². The highest BCUT2D eigenvalue weighted by molar-refractivity contribution is 5.96. The average Bonchev–Trinajstić information content (AvgIpc) is 3.13. The molecule has 0 bridgehead atoms. The van der Waals surface area contributed by atoms with Gasteiger partial charge in [-0.25, -0.2) is 4.39 Å². The van der Waals surface area contributed by atoms with E-state index >= 15 is 0 Å². The van der Waals surface area contributed by atoms with E-state index in [9.17, 15) is 9.18 Å². The van der Waals surface area contributed by atoms with Crippen molar-refractivity contribution in [1.29, 1.82) is 0 Å². The summed E-state index contributed by atoms with van der Waals surface area (Å²) < 4.78 is 17.0. The van der Waals surface area contributed by atoms with E-state index in [1.54, 1.807) is 16.8 Å². The zero-order chi connectivity index (χ0) is 20.3. The van der Waals surface area contributed by atoms with Gasteiger partial charge in [0.25, 0.3) is 0 Å². The highest BCUT2D eigenvalue weighted by atomic mass is 19.1. The number of rotatable bonds is 4. The summed E-state index contributed by atoms with van der Waals surface area (Å²) in [5.41, 5.74) is 5.77. The van der Waals surface area contributed by atoms with Gasteiger partial charge in [0.2, 0.25) is 0 Å². The minimum absolute atomic E-state index is 0.0921. The molecule has 7 heteroatoms. The Labute approximate surface area is 168 Å². The van der Waals surface area contributed by atoms with Crippen molar-refractivity contribution < 1.29 is 9.18 Å². The molecule has 4 heterocycles. The maximum absolute atomic E-state index is 13.4. The molecule has 2 aliphatic rings. The highest BCUT2D eigenvalue weighted by Gasteiger charge is 2.44. The quantitative estimate of drug-likeness (QED) is 0.639. The van der Waals surface area contributed by atoms with Gasteiger partial charge < -0.3 is 0 Å². The Bertz CT molecular complexity index is 1100. The molecule has 2 unspecified atom stereocenters. The third kappa shape index (κ3) is 2.92. The fraction of sp³-hybridized carbons (Fsp3) is 0.409. The second-order valence-electron chi connectivity index (χ2n) is 8.20. The van der Waals surface area contributed by atoms with Crippen LogP contribution in [0.4, 0.5) is 4.39 Å². The lowest BCUT2D eigenvalue weighted by atomic mass is 9.82. The van der Waals surface area contributed by atoms with Gasteiger partial charge >= 0.3 is 0 Å². The average molecular weight is 393 g/mol. The van der Waals surface area contributed by atoms with Gasteiger partial charge in [-0.05, 0) is 49.6 Å². The van der Waals surface area contributed by atoms with Gasteiger partial charge in [-0.15, -0.1) is 0 Å². The molecule has 0 amide bonds. The molecule has 0 radical (unpaired) electrons. The third-order valence-electron chi connectivity index (χ3n) is 6.28. The number of aromatic nitrogens is 4. The van der Waals surface area contributed by atoms with E-state index in [1.807, 2.05) is 31.9 Å². The summed E-state index contributed by atoms with van der Waals surface area (Å²) in [5.74, 6) is -0.154. The Morgan fingerprint density at radius 1 is 1.21 bits per heavy atom. The Kier molecular flexibility index (Phi) is 4.17. The number of hydrogen-bond donors (Lipinski definition) is 0. The van der Waals surface area contributed by atoms with E-state index in [2.05, 4.69) is 10.00 Å². The zero-order valence-corrected chi connectivity index (χ0v) is 16.9. The van der Waals surface area contributed by atoms with Gasteiger partial charge in [-0.1, -0.05) is 0 Å². The summed E-state index contributed by atoms with van der Waals surface area (Å²) in [7, 11) is 3.78. The van der Waals surface area contributed by atoms with Crippen LogP contribution in [-0.4, -0.2) is 42.8 Å². The first kappa shape index (κ1) is 18.2. The summed E-state index contributed by atoms with van der Waals surface area (Å²) in [6.45, 7) is 2.92. The Morgan fingerprint density at radius 3 is 2.59 bits per heavy atom. The van der Waals surface area contributed by atoms with Crippen LogP contribution in [0.25, 0.3) is 11.3 Å². The molecule has 2 aromatic heterocycles. The molecule has 5 rings (SSSR count). The lowest BCUT2D eigenvalue weighted by Crippen LogP contribution is -2.52. The topological polar surface area (TPSA) is 56.0 Å². The third-order valence-corrected chi connectivity index (χ3v) is 6.28. The minimum Gasteiger partial charge on any atom is -0.292 e. The van der Waals surface area contributed by atoms with Gasteiger partial charge in [0, 0.05) is 50.4 Å². The molecule has 2 aliphatic heterocycles. The second-order valence-corrected chi connectivity index (χ2v) is 8.20. The van der Waals surface area contributed by atoms with Gasteiger partial charge in [0.1, 0.15) is 11.5 Å². The SMILES string of the molecule is Cc1cn(C)nc1C(=O)CC1Cc2c(nn(C)c2-c2ccc(F)cc2)C2CCN12. The Hall–Kier alpha value is -2.80. The molecular weight excluding hydrogens is 369 g/mol. The summed E-state index contributed by atoms with van der Waals surface area (Å²) >= 11 is 0.